The molecule has 0 bridgehead atoms. The van der Waals surface area contributed by atoms with Crippen molar-refractivity contribution in [1.29, 1.82) is 0 Å². The first kappa shape index (κ1) is 15.1. The van der Waals surface area contributed by atoms with Crippen LogP contribution in [0.25, 0.3) is 0 Å². The van der Waals surface area contributed by atoms with Crippen LogP contribution in [-0.4, -0.2) is 18.7 Å². The van der Waals surface area contributed by atoms with Crippen LogP contribution in [-0.2, 0) is 0 Å². The van der Waals surface area contributed by atoms with Crippen molar-refractivity contribution in [2.45, 2.75) is 6.92 Å². The van der Waals surface area contributed by atoms with Crippen molar-refractivity contribution < 1.29 is 9.53 Å². The maximum Gasteiger partial charge on any atom is 0.271 e. The van der Waals surface area contributed by atoms with Gasteiger partial charge in [-0.2, -0.15) is 5.10 Å². The minimum atomic E-state index is -0.283. The standard InChI is InChI=1S/C16H15ClN2O2/c1-11(13-4-3-5-15(10-13)21-2)18-19-16(20)12-6-8-14(17)9-7-12/h3-10H,1-2H3,(H,19,20)/b18-11-. The van der Waals surface area contributed by atoms with Gasteiger partial charge in [0.2, 0.25) is 0 Å². The topological polar surface area (TPSA) is 50.7 Å². The van der Waals surface area contributed by atoms with Crippen LogP contribution >= 0.6 is 11.6 Å². The second-order valence-corrected chi connectivity index (χ2v) is 4.81. The molecule has 108 valence electrons. The molecule has 0 aliphatic heterocycles. The molecule has 1 amide bonds. The average Bonchev–Trinajstić information content (AvgIpc) is 2.53. The van der Waals surface area contributed by atoms with E-state index in [0.29, 0.717) is 16.3 Å². The number of halogens is 1. The summed E-state index contributed by atoms with van der Waals surface area (Å²) < 4.78 is 5.16. The van der Waals surface area contributed by atoms with E-state index in [9.17, 15) is 4.79 Å². The van der Waals surface area contributed by atoms with E-state index in [1.54, 1.807) is 31.4 Å². The highest BCUT2D eigenvalue weighted by Crippen LogP contribution is 2.13. The molecule has 0 fully saturated rings. The SMILES string of the molecule is COc1cccc(/C(C)=N\NC(=O)c2ccc(Cl)cc2)c1. The van der Waals surface area contributed by atoms with Crippen LogP contribution in [0.2, 0.25) is 5.02 Å². The number of carbonyl (C=O) groups excluding carboxylic acids is 1. The van der Waals surface area contributed by atoms with Crippen LogP contribution in [0.5, 0.6) is 5.75 Å². The number of rotatable bonds is 4. The van der Waals surface area contributed by atoms with Gasteiger partial charge in [-0.05, 0) is 43.3 Å². The molecular weight excluding hydrogens is 288 g/mol. The highest BCUT2D eigenvalue weighted by molar-refractivity contribution is 6.30. The number of benzene rings is 2. The lowest BCUT2D eigenvalue weighted by Crippen LogP contribution is -2.19. The lowest BCUT2D eigenvalue weighted by atomic mass is 10.1. The van der Waals surface area contributed by atoms with E-state index in [4.69, 9.17) is 16.3 Å². The number of ether oxygens (including phenoxy) is 1. The van der Waals surface area contributed by atoms with E-state index in [0.717, 1.165) is 11.3 Å². The van der Waals surface area contributed by atoms with Gasteiger partial charge in [-0.3, -0.25) is 4.79 Å². The van der Waals surface area contributed by atoms with Gasteiger partial charge < -0.3 is 4.74 Å². The molecule has 0 aliphatic rings. The summed E-state index contributed by atoms with van der Waals surface area (Å²) in [6.45, 7) is 1.82. The maximum atomic E-state index is 11.9. The summed E-state index contributed by atoms with van der Waals surface area (Å²) in [5.41, 5.74) is 4.59. The second-order valence-electron chi connectivity index (χ2n) is 4.38. The fraction of sp³-hybridized carbons (Fsp3) is 0.125. The van der Waals surface area contributed by atoms with Crippen LogP contribution in [0, 0.1) is 0 Å². The smallest absolute Gasteiger partial charge is 0.271 e. The number of methoxy groups -OCH3 is 1. The highest BCUT2D eigenvalue weighted by Gasteiger charge is 2.05. The van der Waals surface area contributed by atoms with Crippen molar-refractivity contribution in [3.63, 3.8) is 0 Å². The molecule has 0 spiro atoms. The summed E-state index contributed by atoms with van der Waals surface area (Å²) in [7, 11) is 1.61. The Bertz CT molecular complexity index is 666. The molecule has 5 heteroatoms. The van der Waals surface area contributed by atoms with Gasteiger partial charge in [0.25, 0.3) is 5.91 Å². The number of amides is 1. The van der Waals surface area contributed by atoms with E-state index < -0.39 is 0 Å². The van der Waals surface area contributed by atoms with Gasteiger partial charge in [-0.25, -0.2) is 5.43 Å². The lowest BCUT2D eigenvalue weighted by molar-refractivity contribution is 0.0955. The Balaban J connectivity index is 2.09. The molecule has 2 rings (SSSR count). The molecule has 0 heterocycles. The van der Waals surface area contributed by atoms with Crippen molar-refractivity contribution in [1.82, 2.24) is 5.43 Å². The van der Waals surface area contributed by atoms with Gasteiger partial charge in [-0.15, -0.1) is 0 Å². The third-order valence-electron chi connectivity index (χ3n) is 2.92. The quantitative estimate of drug-likeness (QED) is 0.694. The minimum absolute atomic E-state index is 0.283. The molecule has 21 heavy (non-hydrogen) atoms. The molecule has 0 atom stereocenters. The van der Waals surface area contributed by atoms with E-state index >= 15 is 0 Å². The Kier molecular flexibility index (Phi) is 4.95. The van der Waals surface area contributed by atoms with E-state index in [-0.39, 0.29) is 5.91 Å². The van der Waals surface area contributed by atoms with Crippen LogP contribution in [0.15, 0.2) is 53.6 Å². The monoisotopic (exact) mass is 302 g/mol. The molecule has 0 saturated heterocycles. The molecular formula is C16H15ClN2O2. The number of hydrogen-bond donors (Lipinski definition) is 1. The summed E-state index contributed by atoms with van der Waals surface area (Å²) in [5, 5.41) is 4.68. The van der Waals surface area contributed by atoms with Gasteiger partial charge in [0.15, 0.2) is 0 Å². The van der Waals surface area contributed by atoms with Crippen molar-refractivity contribution >= 4 is 23.2 Å². The summed E-state index contributed by atoms with van der Waals surface area (Å²) >= 11 is 5.78. The molecule has 0 unspecified atom stereocenters. The Hall–Kier alpha value is -2.33. The zero-order valence-corrected chi connectivity index (χ0v) is 12.5. The first-order valence-corrected chi connectivity index (χ1v) is 6.72. The van der Waals surface area contributed by atoms with E-state index in [1.165, 1.54) is 0 Å². The summed E-state index contributed by atoms with van der Waals surface area (Å²) in [6.07, 6.45) is 0. The van der Waals surface area contributed by atoms with E-state index in [1.807, 2.05) is 31.2 Å². The highest BCUT2D eigenvalue weighted by atomic mass is 35.5. The van der Waals surface area contributed by atoms with Crippen molar-refractivity contribution in [2.24, 2.45) is 5.10 Å². The molecule has 0 aliphatic carbocycles. The first-order valence-electron chi connectivity index (χ1n) is 6.35. The molecule has 0 saturated carbocycles. The third-order valence-corrected chi connectivity index (χ3v) is 3.17. The molecule has 4 nitrogen and oxygen atoms in total. The molecule has 1 N–H and O–H groups in total. The zero-order valence-electron chi connectivity index (χ0n) is 11.8. The Labute approximate surface area is 128 Å². The summed E-state index contributed by atoms with van der Waals surface area (Å²) in [5.74, 6) is 0.458. The lowest BCUT2D eigenvalue weighted by Gasteiger charge is -2.05. The normalized spacial score (nSPS) is 11.1. The van der Waals surface area contributed by atoms with Crippen LogP contribution in [0.1, 0.15) is 22.8 Å². The Morgan fingerprint density at radius 3 is 2.52 bits per heavy atom. The summed E-state index contributed by atoms with van der Waals surface area (Å²) in [6, 6.07) is 14.1. The third kappa shape index (κ3) is 4.07. The average molecular weight is 303 g/mol. The molecule has 0 radical (unpaired) electrons. The van der Waals surface area contributed by atoms with Crippen LogP contribution in [0.4, 0.5) is 0 Å². The number of hydrazone groups is 1. The molecule has 0 aromatic heterocycles. The fourth-order valence-corrected chi connectivity index (χ4v) is 1.84. The van der Waals surface area contributed by atoms with Gasteiger partial charge >= 0.3 is 0 Å². The fourth-order valence-electron chi connectivity index (χ4n) is 1.71. The summed E-state index contributed by atoms with van der Waals surface area (Å²) in [4.78, 5) is 11.9. The van der Waals surface area contributed by atoms with Crippen LogP contribution in [0.3, 0.4) is 0 Å². The van der Waals surface area contributed by atoms with E-state index in [2.05, 4.69) is 10.5 Å². The Morgan fingerprint density at radius 2 is 1.86 bits per heavy atom. The molecule has 2 aromatic carbocycles. The number of nitrogens with one attached hydrogen (secondary N) is 1. The number of carbonyl (C=O) groups is 1. The minimum Gasteiger partial charge on any atom is -0.497 e. The van der Waals surface area contributed by atoms with Gasteiger partial charge in [0.05, 0.1) is 12.8 Å². The molecule has 2 aromatic rings. The van der Waals surface area contributed by atoms with Crippen molar-refractivity contribution in [3.05, 3.63) is 64.7 Å². The predicted molar refractivity (Wildman–Crippen MR) is 84.1 cm³/mol. The predicted octanol–water partition coefficient (Wildman–Crippen LogP) is 3.50. The van der Waals surface area contributed by atoms with Crippen LogP contribution < -0.4 is 10.2 Å². The van der Waals surface area contributed by atoms with Gasteiger partial charge in [-0.1, -0.05) is 23.7 Å². The number of nitrogens with zero attached hydrogens (tertiary/aromatic N) is 1. The number of hydrogen-bond acceptors (Lipinski definition) is 3. The maximum absolute atomic E-state index is 11.9. The zero-order chi connectivity index (χ0) is 15.2. The van der Waals surface area contributed by atoms with Crippen molar-refractivity contribution in [3.8, 4) is 5.75 Å². The first-order chi connectivity index (χ1) is 10.1. The van der Waals surface area contributed by atoms with Gasteiger partial charge in [0, 0.05) is 16.1 Å². The Morgan fingerprint density at radius 1 is 1.14 bits per heavy atom. The van der Waals surface area contributed by atoms with Crippen molar-refractivity contribution in [2.75, 3.05) is 7.11 Å². The van der Waals surface area contributed by atoms with Gasteiger partial charge in [0.1, 0.15) is 5.75 Å². The second kappa shape index (κ2) is 6.90. The largest absolute Gasteiger partial charge is 0.497 e.